The van der Waals surface area contributed by atoms with E-state index in [1.54, 1.807) is 48.4 Å². The van der Waals surface area contributed by atoms with Gasteiger partial charge in [0.1, 0.15) is 6.04 Å². The average Bonchev–Trinajstić information content (AvgIpc) is 3.53. The van der Waals surface area contributed by atoms with Crippen molar-refractivity contribution in [1.82, 2.24) is 14.7 Å². The Morgan fingerprint density at radius 1 is 1.25 bits per heavy atom. The number of carboxylic acid groups (broad SMARTS) is 1. The standard InChI is InChI=1S/C25H21F3N4O3S/c1-14-4-6-16(18(9-14)25(26,27)28)13-32-19-7-5-15(10-17(19)12-29-32)11-21-22(33)30-24(36-21)31-8-2-3-20(31)23(34)35/h4-7,9-12,20H,2-3,8,13H2,1H3,(H,34,35)/b21-11-/t20-/m1/s1. The number of thioether (sulfide) groups is 1. The van der Waals surface area contributed by atoms with Gasteiger partial charge in [0.15, 0.2) is 5.17 Å². The highest BCUT2D eigenvalue weighted by Crippen LogP contribution is 2.35. The number of likely N-dealkylation sites (tertiary alicyclic amines) is 1. The van der Waals surface area contributed by atoms with E-state index in [1.807, 2.05) is 0 Å². The SMILES string of the molecule is Cc1ccc(Cn2ncc3cc(/C=C4\SC(N5CCC[C@@H]5C(=O)O)=NC4=O)ccc32)c(C(F)(F)F)c1. The molecule has 0 bridgehead atoms. The molecule has 3 aromatic rings. The number of carboxylic acids is 1. The van der Waals surface area contributed by atoms with Crippen molar-refractivity contribution in [3.63, 3.8) is 0 Å². The Hall–Kier alpha value is -3.60. The molecule has 0 spiro atoms. The maximum atomic E-state index is 13.5. The van der Waals surface area contributed by atoms with E-state index in [9.17, 15) is 27.9 Å². The minimum Gasteiger partial charge on any atom is -0.480 e. The molecule has 11 heteroatoms. The fourth-order valence-corrected chi connectivity index (χ4v) is 5.49. The predicted octanol–water partition coefficient (Wildman–Crippen LogP) is 4.93. The number of nitrogens with zero attached hydrogens (tertiary/aromatic N) is 4. The number of amides is 1. The summed E-state index contributed by atoms with van der Waals surface area (Å²) < 4.78 is 42.1. The molecule has 36 heavy (non-hydrogen) atoms. The van der Waals surface area contributed by atoms with E-state index in [4.69, 9.17) is 0 Å². The second kappa shape index (κ2) is 9.12. The van der Waals surface area contributed by atoms with Crippen LogP contribution in [0.25, 0.3) is 17.0 Å². The zero-order valence-electron chi connectivity index (χ0n) is 19.1. The molecule has 0 aliphatic carbocycles. The van der Waals surface area contributed by atoms with Crippen LogP contribution in [0.5, 0.6) is 0 Å². The number of halogens is 3. The number of rotatable bonds is 4. The predicted molar refractivity (Wildman–Crippen MR) is 130 cm³/mol. The minimum atomic E-state index is -4.46. The van der Waals surface area contributed by atoms with Crippen LogP contribution in [0.3, 0.4) is 0 Å². The first-order valence-corrected chi connectivity index (χ1v) is 12.1. The second-order valence-corrected chi connectivity index (χ2v) is 9.79. The number of aromatic nitrogens is 2. The quantitative estimate of drug-likeness (QED) is 0.497. The molecule has 2 aromatic carbocycles. The molecule has 1 aromatic heterocycles. The average molecular weight is 515 g/mol. The number of hydrogen-bond donors (Lipinski definition) is 1. The van der Waals surface area contributed by atoms with Gasteiger partial charge >= 0.3 is 12.1 Å². The van der Waals surface area contributed by atoms with Crippen molar-refractivity contribution in [3.8, 4) is 0 Å². The number of aliphatic imine (C=N–C) groups is 1. The van der Waals surface area contributed by atoms with Crippen LogP contribution in [0.1, 0.15) is 35.1 Å². The molecule has 0 radical (unpaired) electrons. The van der Waals surface area contributed by atoms with Crippen LogP contribution in [0.15, 0.2) is 52.5 Å². The number of alkyl halides is 3. The highest BCUT2D eigenvalue weighted by molar-refractivity contribution is 8.18. The van der Waals surface area contributed by atoms with Gasteiger partial charge in [-0.3, -0.25) is 9.48 Å². The molecular weight excluding hydrogens is 493 g/mol. The van der Waals surface area contributed by atoms with Crippen LogP contribution < -0.4 is 0 Å². The van der Waals surface area contributed by atoms with Crippen molar-refractivity contribution < 1.29 is 27.9 Å². The summed E-state index contributed by atoms with van der Waals surface area (Å²) in [5.41, 5.74) is 1.35. The third-order valence-corrected chi connectivity index (χ3v) is 7.27. The lowest BCUT2D eigenvalue weighted by Gasteiger charge is -2.21. The van der Waals surface area contributed by atoms with E-state index in [2.05, 4.69) is 10.1 Å². The summed E-state index contributed by atoms with van der Waals surface area (Å²) >= 11 is 1.15. The zero-order chi connectivity index (χ0) is 25.6. The van der Waals surface area contributed by atoms with Crippen LogP contribution in [0.2, 0.25) is 0 Å². The molecule has 186 valence electrons. The molecule has 2 aliphatic rings. The smallest absolute Gasteiger partial charge is 0.416 e. The number of aliphatic carboxylic acids is 1. The zero-order valence-corrected chi connectivity index (χ0v) is 19.9. The molecule has 0 unspecified atom stereocenters. The van der Waals surface area contributed by atoms with Crippen LogP contribution in [0, 0.1) is 6.92 Å². The second-order valence-electron chi connectivity index (χ2n) is 8.78. The Labute approximate surface area is 208 Å². The molecule has 0 saturated carbocycles. The van der Waals surface area contributed by atoms with Gasteiger partial charge in [-0.25, -0.2) is 4.79 Å². The molecule has 2 aliphatic heterocycles. The van der Waals surface area contributed by atoms with Crippen LogP contribution in [-0.4, -0.2) is 49.4 Å². The van der Waals surface area contributed by atoms with Gasteiger partial charge in [-0.1, -0.05) is 23.8 Å². The van der Waals surface area contributed by atoms with E-state index >= 15 is 0 Å². The van der Waals surface area contributed by atoms with E-state index in [0.717, 1.165) is 24.2 Å². The molecule has 7 nitrogen and oxygen atoms in total. The molecule has 1 fully saturated rings. The first-order valence-electron chi connectivity index (χ1n) is 11.2. The number of amidine groups is 1. The topological polar surface area (TPSA) is 87.8 Å². The van der Waals surface area contributed by atoms with Crippen LogP contribution in [-0.2, 0) is 22.3 Å². The van der Waals surface area contributed by atoms with Gasteiger partial charge in [-0.2, -0.15) is 23.3 Å². The van der Waals surface area contributed by atoms with Gasteiger partial charge < -0.3 is 10.0 Å². The first kappa shape index (κ1) is 24.1. The Bertz CT molecular complexity index is 1440. The number of fused-ring (bicyclic) bond motifs is 1. The van der Waals surface area contributed by atoms with Gasteiger partial charge in [0.05, 0.1) is 28.7 Å². The van der Waals surface area contributed by atoms with Gasteiger partial charge in [-0.15, -0.1) is 0 Å². The van der Waals surface area contributed by atoms with Gasteiger partial charge in [0.2, 0.25) is 0 Å². The van der Waals surface area contributed by atoms with E-state index in [0.29, 0.717) is 45.1 Å². The lowest BCUT2D eigenvalue weighted by molar-refractivity contribution is -0.141. The summed E-state index contributed by atoms with van der Waals surface area (Å²) in [4.78, 5) is 30.0. The van der Waals surface area contributed by atoms with Crippen molar-refractivity contribution in [1.29, 1.82) is 0 Å². The molecule has 5 rings (SSSR count). The van der Waals surface area contributed by atoms with E-state index < -0.39 is 29.7 Å². The highest BCUT2D eigenvalue weighted by Gasteiger charge is 2.37. The lowest BCUT2D eigenvalue weighted by Crippen LogP contribution is -2.38. The fraction of sp³-hybridized carbons (Fsp3) is 0.280. The van der Waals surface area contributed by atoms with Crippen molar-refractivity contribution in [2.24, 2.45) is 4.99 Å². The summed E-state index contributed by atoms with van der Waals surface area (Å²) in [7, 11) is 0. The normalized spacial score (nSPS) is 19.5. The van der Waals surface area contributed by atoms with Gasteiger partial charge in [0, 0.05) is 11.9 Å². The summed E-state index contributed by atoms with van der Waals surface area (Å²) in [6.07, 6.45) is 0.0167. The van der Waals surface area contributed by atoms with Gasteiger partial charge in [-0.05, 0) is 66.9 Å². The number of hydrogen-bond acceptors (Lipinski definition) is 5. The highest BCUT2D eigenvalue weighted by atomic mass is 32.2. The Morgan fingerprint density at radius 3 is 2.81 bits per heavy atom. The molecule has 1 amide bonds. The summed E-state index contributed by atoms with van der Waals surface area (Å²) in [6.45, 7) is 2.12. The maximum absolute atomic E-state index is 13.5. The van der Waals surface area contributed by atoms with Crippen LogP contribution >= 0.6 is 11.8 Å². The van der Waals surface area contributed by atoms with Crippen LogP contribution in [0.4, 0.5) is 13.2 Å². The van der Waals surface area contributed by atoms with Crippen molar-refractivity contribution in [3.05, 3.63) is 69.8 Å². The minimum absolute atomic E-state index is 0.0365. The van der Waals surface area contributed by atoms with Gasteiger partial charge in [0.25, 0.3) is 5.91 Å². The Morgan fingerprint density at radius 2 is 2.06 bits per heavy atom. The lowest BCUT2D eigenvalue weighted by atomic mass is 10.0. The number of aryl methyl sites for hydroxylation is 1. The Balaban J connectivity index is 1.37. The molecule has 1 saturated heterocycles. The first-order chi connectivity index (χ1) is 17.1. The van der Waals surface area contributed by atoms with E-state index in [-0.39, 0.29) is 12.1 Å². The number of benzene rings is 2. The van der Waals surface area contributed by atoms with Crippen molar-refractivity contribution in [2.75, 3.05) is 6.54 Å². The maximum Gasteiger partial charge on any atom is 0.416 e. The monoisotopic (exact) mass is 514 g/mol. The molecule has 1 N–H and O–H groups in total. The summed E-state index contributed by atoms with van der Waals surface area (Å²) in [5, 5.41) is 14.8. The molecular formula is C25H21F3N4O3S. The number of carbonyl (C=O) groups is 2. The Kier molecular flexibility index (Phi) is 6.11. The van der Waals surface area contributed by atoms with Crippen molar-refractivity contribution in [2.45, 2.75) is 38.5 Å². The third kappa shape index (κ3) is 4.62. The number of carbonyl (C=O) groups excluding carboxylic acids is 1. The largest absolute Gasteiger partial charge is 0.480 e. The summed E-state index contributed by atoms with van der Waals surface area (Å²) in [6, 6.07) is 8.88. The third-order valence-electron chi connectivity index (χ3n) is 6.25. The van der Waals surface area contributed by atoms with Crippen molar-refractivity contribution >= 4 is 45.8 Å². The fourth-order valence-electron chi connectivity index (χ4n) is 4.50. The summed E-state index contributed by atoms with van der Waals surface area (Å²) in [5.74, 6) is -1.36. The van der Waals surface area contributed by atoms with E-state index in [1.165, 1.54) is 10.7 Å². The molecule has 3 heterocycles. The molecule has 1 atom stereocenters.